The van der Waals surface area contributed by atoms with Crippen LogP contribution in [0.2, 0.25) is 0 Å². The fraction of sp³-hybridized carbons (Fsp3) is 0.133. The monoisotopic (exact) mass is 546 g/mol. The number of nitrogens with zero attached hydrogens (tertiary/aromatic N) is 5. The number of anilines is 1. The van der Waals surface area contributed by atoms with Crippen LogP contribution in [0.25, 0.3) is 22.2 Å². The van der Waals surface area contributed by atoms with Crippen LogP contribution < -0.4 is 21.9 Å². The number of nitrogens with one attached hydrogen (secondary N) is 2. The van der Waals surface area contributed by atoms with Crippen molar-refractivity contribution in [3.63, 3.8) is 0 Å². The maximum Gasteiger partial charge on any atom is 0.274 e. The van der Waals surface area contributed by atoms with Crippen molar-refractivity contribution in [2.24, 2.45) is 0 Å². The second-order valence-electron chi connectivity index (χ2n) is 9.03. The van der Waals surface area contributed by atoms with Crippen molar-refractivity contribution in [1.82, 2.24) is 34.8 Å². The molecule has 0 fully saturated rings. The molecule has 0 saturated heterocycles. The lowest BCUT2D eigenvalue weighted by Crippen LogP contribution is -2.34. The molecule has 5 aromatic rings. The number of nitrogens with two attached hydrogens (primary N) is 1. The van der Waals surface area contributed by atoms with E-state index in [2.05, 4.69) is 39.1 Å². The molecule has 3 aromatic heterocycles. The van der Waals surface area contributed by atoms with E-state index in [-0.39, 0.29) is 23.0 Å². The number of amides is 2. The number of aromatic nitrogens is 5. The van der Waals surface area contributed by atoms with Crippen molar-refractivity contribution in [3.05, 3.63) is 107 Å². The molecule has 0 aliphatic rings. The number of rotatable bonds is 7. The van der Waals surface area contributed by atoms with Crippen LogP contribution in [0.4, 0.5) is 5.82 Å². The van der Waals surface area contributed by atoms with E-state index in [9.17, 15) is 14.4 Å². The second kappa shape index (κ2) is 11.5. The Morgan fingerprint density at radius 1 is 1.10 bits per heavy atom. The molecule has 0 saturated carbocycles. The van der Waals surface area contributed by atoms with Crippen molar-refractivity contribution < 1.29 is 9.59 Å². The van der Waals surface area contributed by atoms with Gasteiger partial charge in [0.15, 0.2) is 17.2 Å². The van der Waals surface area contributed by atoms with Gasteiger partial charge in [0.25, 0.3) is 11.5 Å². The van der Waals surface area contributed by atoms with Crippen LogP contribution in [0.15, 0.2) is 84.3 Å². The van der Waals surface area contributed by atoms with Crippen LogP contribution in [0.3, 0.4) is 0 Å². The summed E-state index contributed by atoms with van der Waals surface area (Å²) in [7, 11) is 0. The molecular formula is C30H26N8O3. The van der Waals surface area contributed by atoms with E-state index in [4.69, 9.17) is 10.7 Å². The van der Waals surface area contributed by atoms with Gasteiger partial charge in [-0.1, -0.05) is 42.7 Å². The highest BCUT2D eigenvalue weighted by Crippen LogP contribution is 2.21. The van der Waals surface area contributed by atoms with Crippen LogP contribution >= 0.6 is 0 Å². The Morgan fingerprint density at radius 3 is 2.68 bits per heavy atom. The first-order valence-electron chi connectivity index (χ1n) is 12.8. The number of nitrogen functional groups attached to an aromatic ring is 1. The summed E-state index contributed by atoms with van der Waals surface area (Å²) in [5.41, 5.74) is 7.75. The van der Waals surface area contributed by atoms with E-state index in [1.54, 1.807) is 49.4 Å². The molecule has 41 heavy (non-hydrogen) atoms. The van der Waals surface area contributed by atoms with Gasteiger partial charge in [-0.15, -0.1) is 0 Å². The Hall–Kier alpha value is -5.76. The first-order valence-corrected chi connectivity index (χ1v) is 12.8. The minimum atomic E-state index is -0.711. The van der Waals surface area contributed by atoms with Gasteiger partial charge in [-0.2, -0.15) is 5.10 Å². The minimum absolute atomic E-state index is 0.0348. The van der Waals surface area contributed by atoms with Crippen molar-refractivity contribution in [3.8, 4) is 17.5 Å². The van der Waals surface area contributed by atoms with Crippen molar-refractivity contribution in [2.45, 2.75) is 19.4 Å². The van der Waals surface area contributed by atoms with Gasteiger partial charge < -0.3 is 16.4 Å². The van der Waals surface area contributed by atoms with Gasteiger partial charge in [0.2, 0.25) is 5.91 Å². The average molecular weight is 547 g/mol. The number of carbonyl (C=O) groups is 2. The van der Waals surface area contributed by atoms with E-state index < -0.39 is 11.9 Å². The van der Waals surface area contributed by atoms with Gasteiger partial charge in [0, 0.05) is 24.7 Å². The Balaban J connectivity index is 1.56. The summed E-state index contributed by atoms with van der Waals surface area (Å²) >= 11 is 0. The zero-order valence-electron chi connectivity index (χ0n) is 22.2. The van der Waals surface area contributed by atoms with E-state index in [1.807, 2.05) is 18.2 Å². The number of hydrogen-bond donors (Lipinski definition) is 3. The molecule has 0 aliphatic heterocycles. The summed E-state index contributed by atoms with van der Waals surface area (Å²) in [5.74, 6) is 5.60. The normalized spacial score (nSPS) is 11.4. The molecule has 11 nitrogen and oxygen atoms in total. The first-order chi connectivity index (χ1) is 19.9. The maximum absolute atomic E-state index is 14.1. The highest BCUT2D eigenvalue weighted by Gasteiger charge is 2.24. The highest BCUT2D eigenvalue weighted by atomic mass is 16.2. The molecular weight excluding hydrogens is 520 g/mol. The third-order valence-corrected chi connectivity index (χ3v) is 6.27. The molecule has 2 aromatic carbocycles. The Morgan fingerprint density at radius 2 is 1.90 bits per heavy atom. The quantitative estimate of drug-likeness (QED) is 0.161. The largest absolute Gasteiger partial charge is 0.382 e. The van der Waals surface area contributed by atoms with Crippen LogP contribution in [0.1, 0.15) is 41.3 Å². The Bertz CT molecular complexity index is 1920. The van der Waals surface area contributed by atoms with Crippen LogP contribution in [0.5, 0.6) is 0 Å². The van der Waals surface area contributed by atoms with Gasteiger partial charge in [0.05, 0.1) is 22.6 Å². The maximum atomic E-state index is 14.1. The number of fused-ring (bicyclic) bond motifs is 2. The minimum Gasteiger partial charge on any atom is -0.382 e. The molecule has 0 radical (unpaired) electrons. The van der Waals surface area contributed by atoms with Crippen molar-refractivity contribution in [1.29, 1.82) is 0 Å². The SMILES string of the molecule is C=CC(=O)NCCC#Cc1cccc2nc([C@H](C)NC(=O)c3c(N)nc4cccnn34)n(-c3ccccc3)c(=O)c12. The van der Waals surface area contributed by atoms with E-state index in [0.717, 1.165) is 0 Å². The third kappa shape index (κ3) is 5.39. The molecule has 3 heterocycles. The number of benzene rings is 2. The summed E-state index contributed by atoms with van der Waals surface area (Å²) in [6.07, 6.45) is 3.11. The smallest absolute Gasteiger partial charge is 0.274 e. The molecule has 11 heteroatoms. The number of hydrogen-bond acceptors (Lipinski definition) is 7. The lowest BCUT2D eigenvalue weighted by molar-refractivity contribution is -0.116. The first kappa shape index (κ1) is 26.8. The Kier molecular flexibility index (Phi) is 7.56. The van der Waals surface area contributed by atoms with Gasteiger partial charge in [-0.05, 0) is 49.4 Å². The van der Waals surface area contributed by atoms with Crippen LogP contribution in [-0.2, 0) is 4.79 Å². The highest BCUT2D eigenvalue weighted by molar-refractivity contribution is 5.98. The molecule has 0 aliphatic carbocycles. The fourth-order valence-corrected chi connectivity index (χ4v) is 4.39. The lowest BCUT2D eigenvalue weighted by atomic mass is 10.1. The second-order valence-corrected chi connectivity index (χ2v) is 9.03. The lowest BCUT2D eigenvalue weighted by Gasteiger charge is -2.20. The molecule has 204 valence electrons. The zero-order valence-corrected chi connectivity index (χ0v) is 22.2. The Labute approximate surface area is 234 Å². The summed E-state index contributed by atoms with van der Waals surface area (Å²) in [6, 6.07) is 17.0. The van der Waals surface area contributed by atoms with Gasteiger partial charge >= 0.3 is 0 Å². The number of carbonyl (C=O) groups excluding carboxylic acids is 2. The van der Waals surface area contributed by atoms with Crippen LogP contribution in [-0.4, -0.2) is 42.5 Å². The average Bonchev–Trinajstić information content (AvgIpc) is 3.32. The summed E-state index contributed by atoms with van der Waals surface area (Å²) in [6.45, 7) is 5.51. The van der Waals surface area contributed by atoms with E-state index in [0.29, 0.717) is 46.6 Å². The van der Waals surface area contributed by atoms with E-state index >= 15 is 0 Å². The third-order valence-electron chi connectivity index (χ3n) is 6.27. The molecule has 0 spiro atoms. The molecule has 1 atom stereocenters. The van der Waals surface area contributed by atoms with Gasteiger partial charge in [-0.25, -0.2) is 14.5 Å². The van der Waals surface area contributed by atoms with Crippen molar-refractivity contribution in [2.75, 3.05) is 12.3 Å². The standard InChI is InChI=1S/C30H26N8O3/c1-3-24(39)32-17-8-7-11-20-12-9-15-22-25(20)30(41)37(21-13-5-4-6-14-21)28(35-22)19(2)34-29(40)26-27(31)36-23-16-10-18-33-38(23)26/h3-6,9-10,12-16,18-19H,1,8,17,31H2,2H3,(H,32,39)(H,34,40)/t19-/m0/s1. The fourth-order valence-electron chi connectivity index (χ4n) is 4.39. The molecule has 5 rings (SSSR count). The molecule has 2 amide bonds. The van der Waals surface area contributed by atoms with Gasteiger partial charge in [-0.3, -0.25) is 19.0 Å². The topological polar surface area (TPSA) is 149 Å². The molecule has 4 N–H and O–H groups in total. The molecule has 0 unspecified atom stereocenters. The molecule has 0 bridgehead atoms. The number of imidazole rings is 1. The summed E-state index contributed by atoms with van der Waals surface area (Å²) in [5, 5.41) is 10.1. The zero-order chi connectivity index (χ0) is 28.9. The van der Waals surface area contributed by atoms with Crippen LogP contribution in [0, 0.1) is 11.8 Å². The summed E-state index contributed by atoms with van der Waals surface area (Å²) in [4.78, 5) is 47.8. The summed E-state index contributed by atoms with van der Waals surface area (Å²) < 4.78 is 2.84. The van der Waals surface area contributed by atoms with E-state index in [1.165, 1.54) is 21.4 Å². The van der Waals surface area contributed by atoms with Crippen molar-refractivity contribution >= 4 is 34.2 Å². The predicted molar refractivity (Wildman–Crippen MR) is 155 cm³/mol. The number of para-hydroxylation sites is 1. The van der Waals surface area contributed by atoms with Gasteiger partial charge in [0.1, 0.15) is 5.82 Å². The predicted octanol–water partition coefficient (Wildman–Crippen LogP) is 2.55.